The van der Waals surface area contributed by atoms with Crippen LogP contribution in [-0.2, 0) is 0 Å². The van der Waals surface area contributed by atoms with E-state index in [0.717, 1.165) is 0 Å². The number of oxime groups is 1. The highest BCUT2D eigenvalue weighted by Crippen LogP contribution is 2.09. The molecule has 0 aromatic heterocycles. The summed E-state index contributed by atoms with van der Waals surface area (Å²) in [5.74, 6) is 0. The Morgan fingerprint density at radius 2 is 2.00 bits per heavy atom. The summed E-state index contributed by atoms with van der Waals surface area (Å²) in [4.78, 5) is 0. The lowest BCUT2D eigenvalue weighted by Crippen LogP contribution is -2.10. The van der Waals surface area contributed by atoms with Gasteiger partial charge in [-0.15, -0.1) is 0 Å². The molecule has 0 saturated heterocycles. The Balaban J connectivity index is 2.97. The third kappa shape index (κ3) is 1.95. The molecule has 0 fully saturated rings. The van der Waals surface area contributed by atoms with Crippen LogP contribution in [0.1, 0.15) is 5.56 Å². The standard InChI is InChI=1S/C8H7ClFNO/c9-8(10)7(11-12)6-4-2-1-3-5-6/h1-5,8,12H/b11-7-. The van der Waals surface area contributed by atoms with E-state index in [1.807, 2.05) is 0 Å². The summed E-state index contributed by atoms with van der Waals surface area (Å²) in [7, 11) is 0. The van der Waals surface area contributed by atoms with E-state index in [-0.39, 0.29) is 5.71 Å². The Hall–Kier alpha value is -1.09. The number of alkyl halides is 2. The van der Waals surface area contributed by atoms with Gasteiger partial charge in [0.25, 0.3) is 0 Å². The van der Waals surface area contributed by atoms with Crippen molar-refractivity contribution >= 4 is 17.3 Å². The number of hydrogen-bond donors (Lipinski definition) is 1. The molecule has 0 spiro atoms. The molecule has 1 unspecified atom stereocenters. The summed E-state index contributed by atoms with van der Waals surface area (Å²) in [6.45, 7) is 0. The summed E-state index contributed by atoms with van der Waals surface area (Å²) < 4.78 is 12.5. The Kier molecular flexibility index (Phi) is 3.05. The molecular weight excluding hydrogens is 181 g/mol. The molecule has 1 atom stereocenters. The second kappa shape index (κ2) is 4.07. The summed E-state index contributed by atoms with van der Waals surface area (Å²) >= 11 is 5.12. The van der Waals surface area contributed by atoms with Crippen molar-refractivity contribution in [1.82, 2.24) is 0 Å². The molecule has 1 aromatic rings. The fourth-order valence-corrected chi connectivity index (χ4v) is 1.01. The van der Waals surface area contributed by atoms with Crippen LogP contribution < -0.4 is 0 Å². The van der Waals surface area contributed by atoms with Crippen LogP contribution in [0.5, 0.6) is 0 Å². The molecule has 2 nitrogen and oxygen atoms in total. The van der Waals surface area contributed by atoms with Crippen molar-refractivity contribution in [3.8, 4) is 0 Å². The molecule has 0 bridgehead atoms. The van der Waals surface area contributed by atoms with E-state index in [1.54, 1.807) is 30.3 Å². The molecule has 64 valence electrons. The van der Waals surface area contributed by atoms with Crippen molar-refractivity contribution in [3.63, 3.8) is 0 Å². The first-order valence-corrected chi connectivity index (χ1v) is 3.75. The second-order valence-electron chi connectivity index (χ2n) is 2.15. The molecule has 0 aliphatic heterocycles. The highest BCUT2D eigenvalue weighted by Gasteiger charge is 2.13. The van der Waals surface area contributed by atoms with Crippen molar-refractivity contribution in [2.75, 3.05) is 0 Å². The normalized spacial score (nSPS) is 14.3. The Morgan fingerprint density at radius 1 is 1.42 bits per heavy atom. The summed E-state index contributed by atoms with van der Waals surface area (Å²) in [6, 6.07) is 8.42. The maximum atomic E-state index is 12.5. The van der Waals surface area contributed by atoms with E-state index in [4.69, 9.17) is 16.8 Å². The van der Waals surface area contributed by atoms with Gasteiger partial charge in [-0.05, 0) is 0 Å². The second-order valence-corrected chi connectivity index (χ2v) is 2.54. The van der Waals surface area contributed by atoms with Gasteiger partial charge in [-0.3, -0.25) is 0 Å². The smallest absolute Gasteiger partial charge is 0.219 e. The highest BCUT2D eigenvalue weighted by molar-refractivity contribution is 6.33. The van der Waals surface area contributed by atoms with Crippen LogP contribution in [0.3, 0.4) is 0 Å². The van der Waals surface area contributed by atoms with Crippen LogP contribution >= 0.6 is 11.6 Å². The van der Waals surface area contributed by atoms with Gasteiger partial charge >= 0.3 is 0 Å². The lowest BCUT2D eigenvalue weighted by atomic mass is 10.1. The fourth-order valence-electron chi connectivity index (χ4n) is 0.836. The minimum absolute atomic E-state index is 0.169. The topological polar surface area (TPSA) is 32.6 Å². The lowest BCUT2D eigenvalue weighted by molar-refractivity contribution is 0.314. The van der Waals surface area contributed by atoms with E-state index in [1.165, 1.54) is 0 Å². The van der Waals surface area contributed by atoms with Crippen LogP contribution in [0.25, 0.3) is 0 Å². The molecule has 1 aromatic carbocycles. The van der Waals surface area contributed by atoms with Crippen LogP contribution in [0.4, 0.5) is 4.39 Å². The average Bonchev–Trinajstić information content (AvgIpc) is 2.07. The molecule has 0 aliphatic carbocycles. The number of nitrogens with zero attached hydrogens (tertiary/aromatic N) is 1. The maximum Gasteiger partial charge on any atom is 0.219 e. The van der Waals surface area contributed by atoms with Crippen molar-refractivity contribution < 1.29 is 9.60 Å². The van der Waals surface area contributed by atoms with Gasteiger partial charge in [-0.1, -0.05) is 47.1 Å². The molecule has 0 saturated carbocycles. The largest absolute Gasteiger partial charge is 0.411 e. The van der Waals surface area contributed by atoms with Gasteiger partial charge in [-0.25, -0.2) is 4.39 Å². The van der Waals surface area contributed by atoms with Crippen molar-refractivity contribution in [2.45, 2.75) is 5.63 Å². The Bertz CT molecular complexity index is 274. The first-order valence-electron chi connectivity index (χ1n) is 3.31. The molecule has 0 aliphatic rings. The lowest BCUT2D eigenvalue weighted by Gasteiger charge is -2.02. The van der Waals surface area contributed by atoms with Gasteiger partial charge in [0.05, 0.1) is 0 Å². The molecule has 1 N–H and O–H groups in total. The summed E-state index contributed by atoms with van der Waals surface area (Å²) in [5, 5.41) is 11.2. The fraction of sp³-hybridized carbons (Fsp3) is 0.125. The summed E-state index contributed by atoms with van der Waals surface area (Å²) in [6.07, 6.45) is 0. The van der Waals surface area contributed by atoms with E-state index in [0.29, 0.717) is 5.56 Å². The first-order chi connectivity index (χ1) is 5.75. The van der Waals surface area contributed by atoms with Crippen molar-refractivity contribution in [1.29, 1.82) is 0 Å². The number of hydrogen-bond acceptors (Lipinski definition) is 2. The molecule has 4 heteroatoms. The maximum absolute atomic E-state index is 12.5. The molecule has 12 heavy (non-hydrogen) atoms. The monoisotopic (exact) mass is 187 g/mol. The van der Waals surface area contributed by atoms with E-state index < -0.39 is 5.63 Å². The van der Waals surface area contributed by atoms with Crippen LogP contribution in [0.2, 0.25) is 0 Å². The Morgan fingerprint density at radius 3 is 2.42 bits per heavy atom. The zero-order valence-corrected chi connectivity index (χ0v) is 6.87. The third-order valence-electron chi connectivity index (χ3n) is 1.38. The number of rotatable bonds is 2. The van der Waals surface area contributed by atoms with E-state index in [2.05, 4.69) is 5.16 Å². The van der Waals surface area contributed by atoms with Gasteiger partial charge in [0.1, 0.15) is 5.71 Å². The van der Waals surface area contributed by atoms with Crippen LogP contribution in [0, 0.1) is 0 Å². The highest BCUT2D eigenvalue weighted by atomic mass is 35.5. The average molecular weight is 188 g/mol. The minimum Gasteiger partial charge on any atom is -0.411 e. The molecule has 0 radical (unpaired) electrons. The SMILES string of the molecule is O/N=C(/c1ccccc1)C(F)Cl. The zero-order chi connectivity index (χ0) is 8.97. The van der Waals surface area contributed by atoms with Gasteiger partial charge in [0.15, 0.2) is 0 Å². The minimum atomic E-state index is -1.78. The van der Waals surface area contributed by atoms with Crippen LogP contribution in [-0.4, -0.2) is 16.5 Å². The predicted molar refractivity (Wildman–Crippen MR) is 45.5 cm³/mol. The predicted octanol–water partition coefficient (Wildman–Crippen LogP) is 2.40. The zero-order valence-electron chi connectivity index (χ0n) is 6.11. The molecular formula is C8H7ClFNO. The molecule has 1 rings (SSSR count). The van der Waals surface area contributed by atoms with Gasteiger partial charge in [0, 0.05) is 5.56 Å². The van der Waals surface area contributed by atoms with Gasteiger partial charge < -0.3 is 5.21 Å². The molecule has 0 heterocycles. The van der Waals surface area contributed by atoms with Crippen LogP contribution in [0.15, 0.2) is 35.5 Å². The first kappa shape index (κ1) is 9.00. The summed E-state index contributed by atoms with van der Waals surface area (Å²) in [5.41, 5.74) is -1.47. The molecule has 0 amide bonds. The quantitative estimate of drug-likeness (QED) is 0.328. The number of benzene rings is 1. The number of halogens is 2. The van der Waals surface area contributed by atoms with E-state index in [9.17, 15) is 4.39 Å². The van der Waals surface area contributed by atoms with Crippen molar-refractivity contribution in [3.05, 3.63) is 35.9 Å². The van der Waals surface area contributed by atoms with E-state index >= 15 is 0 Å². The van der Waals surface area contributed by atoms with Gasteiger partial charge in [-0.2, -0.15) is 0 Å². The van der Waals surface area contributed by atoms with Gasteiger partial charge in [0.2, 0.25) is 5.63 Å². The Labute approximate surface area is 74.3 Å². The van der Waals surface area contributed by atoms with Crippen molar-refractivity contribution in [2.24, 2.45) is 5.16 Å². The third-order valence-corrected chi connectivity index (χ3v) is 1.59.